The SMILES string of the molecule is CC1CCCCN1C1CN(C(=O)c2cccc(-c3ccc(=O)[nH]c3)c2)C1. The Hall–Kier alpha value is -2.40. The van der Waals surface area contributed by atoms with E-state index in [4.69, 9.17) is 0 Å². The van der Waals surface area contributed by atoms with Crippen molar-refractivity contribution in [3.63, 3.8) is 0 Å². The average molecular weight is 351 g/mol. The molecule has 5 heteroatoms. The summed E-state index contributed by atoms with van der Waals surface area (Å²) < 4.78 is 0. The molecule has 136 valence electrons. The first-order chi connectivity index (χ1) is 12.6. The molecule has 0 bridgehead atoms. The number of aromatic amines is 1. The fraction of sp³-hybridized carbons (Fsp3) is 0.429. The van der Waals surface area contributed by atoms with Gasteiger partial charge in [0.25, 0.3) is 5.91 Å². The van der Waals surface area contributed by atoms with E-state index in [0.29, 0.717) is 17.6 Å². The Morgan fingerprint density at radius 1 is 1.12 bits per heavy atom. The van der Waals surface area contributed by atoms with E-state index in [1.807, 2.05) is 29.2 Å². The Labute approximate surface area is 153 Å². The van der Waals surface area contributed by atoms with Gasteiger partial charge in [-0.3, -0.25) is 14.5 Å². The van der Waals surface area contributed by atoms with E-state index in [1.165, 1.54) is 25.3 Å². The van der Waals surface area contributed by atoms with Gasteiger partial charge in [-0.05, 0) is 55.6 Å². The molecule has 2 fully saturated rings. The smallest absolute Gasteiger partial charge is 0.253 e. The molecule has 1 unspecified atom stereocenters. The number of hydrogen-bond acceptors (Lipinski definition) is 3. The first kappa shape index (κ1) is 17.0. The van der Waals surface area contributed by atoms with Crippen molar-refractivity contribution < 1.29 is 4.79 Å². The molecule has 1 aromatic heterocycles. The summed E-state index contributed by atoms with van der Waals surface area (Å²) in [5.74, 6) is 0.0946. The third kappa shape index (κ3) is 3.31. The largest absolute Gasteiger partial charge is 0.335 e. The van der Waals surface area contributed by atoms with Crippen molar-refractivity contribution in [1.82, 2.24) is 14.8 Å². The number of rotatable bonds is 3. The molecule has 2 aliphatic rings. The lowest BCUT2D eigenvalue weighted by atomic mass is 9.96. The molecule has 2 aromatic rings. The summed E-state index contributed by atoms with van der Waals surface area (Å²) in [6, 6.07) is 12.1. The maximum absolute atomic E-state index is 12.8. The van der Waals surface area contributed by atoms with Crippen molar-refractivity contribution in [2.45, 2.75) is 38.3 Å². The van der Waals surface area contributed by atoms with Gasteiger partial charge in [-0.2, -0.15) is 0 Å². The zero-order chi connectivity index (χ0) is 18.1. The van der Waals surface area contributed by atoms with Crippen LogP contribution < -0.4 is 5.56 Å². The quantitative estimate of drug-likeness (QED) is 0.925. The average Bonchev–Trinajstić information content (AvgIpc) is 2.63. The summed E-state index contributed by atoms with van der Waals surface area (Å²) >= 11 is 0. The number of benzene rings is 1. The molecule has 2 aliphatic heterocycles. The van der Waals surface area contributed by atoms with Crippen molar-refractivity contribution in [3.05, 3.63) is 58.5 Å². The van der Waals surface area contributed by atoms with Gasteiger partial charge in [0.15, 0.2) is 0 Å². The fourth-order valence-electron chi connectivity index (χ4n) is 4.10. The first-order valence-electron chi connectivity index (χ1n) is 9.46. The van der Waals surface area contributed by atoms with E-state index < -0.39 is 0 Å². The monoisotopic (exact) mass is 351 g/mol. The Morgan fingerprint density at radius 2 is 1.96 bits per heavy atom. The minimum atomic E-state index is -0.125. The van der Waals surface area contributed by atoms with Crippen molar-refractivity contribution in [2.24, 2.45) is 0 Å². The molecule has 0 aliphatic carbocycles. The highest BCUT2D eigenvalue weighted by molar-refractivity contribution is 5.96. The molecule has 1 aromatic carbocycles. The highest BCUT2D eigenvalue weighted by Crippen LogP contribution is 2.26. The molecule has 2 saturated heterocycles. The van der Waals surface area contributed by atoms with Gasteiger partial charge in [0.05, 0.1) is 0 Å². The van der Waals surface area contributed by atoms with E-state index >= 15 is 0 Å². The van der Waals surface area contributed by atoms with Gasteiger partial charge in [-0.15, -0.1) is 0 Å². The van der Waals surface area contributed by atoms with Gasteiger partial charge >= 0.3 is 0 Å². The molecule has 1 N–H and O–H groups in total. The molecule has 1 amide bonds. The van der Waals surface area contributed by atoms with Crippen LogP contribution in [0.4, 0.5) is 0 Å². The molecular formula is C21H25N3O2. The molecule has 0 spiro atoms. The van der Waals surface area contributed by atoms with Crippen molar-refractivity contribution in [1.29, 1.82) is 0 Å². The Bertz CT molecular complexity index is 834. The lowest BCUT2D eigenvalue weighted by Crippen LogP contribution is -2.63. The number of likely N-dealkylation sites (tertiary alicyclic amines) is 2. The molecule has 3 heterocycles. The topological polar surface area (TPSA) is 56.4 Å². The second-order valence-electron chi connectivity index (χ2n) is 7.47. The van der Waals surface area contributed by atoms with Crippen LogP contribution >= 0.6 is 0 Å². The van der Waals surface area contributed by atoms with Crippen molar-refractivity contribution in [3.8, 4) is 11.1 Å². The zero-order valence-electron chi connectivity index (χ0n) is 15.1. The van der Waals surface area contributed by atoms with Gasteiger partial charge in [0.2, 0.25) is 5.56 Å². The van der Waals surface area contributed by atoms with Crippen LogP contribution in [-0.2, 0) is 0 Å². The lowest BCUT2D eigenvalue weighted by Gasteiger charge is -2.49. The van der Waals surface area contributed by atoms with Crippen LogP contribution in [0.5, 0.6) is 0 Å². The first-order valence-corrected chi connectivity index (χ1v) is 9.46. The third-order valence-corrected chi connectivity index (χ3v) is 5.70. The summed E-state index contributed by atoms with van der Waals surface area (Å²) in [7, 11) is 0. The van der Waals surface area contributed by atoms with E-state index in [0.717, 1.165) is 30.8 Å². The van der Waals surface area contributed by atoms with Crippen LogP contribution in [0.25, 0.3) is 11.1 Å². The number of aromatic nitrogens is 1. The molecule has 26 heavy (non-hydrogen) atoms. The standard InChI is InChI=1S/C21H25N3O2/c1-15-5-2-3-10-24(15)19-13-23(14-19)21(26)17-7-4-6-16(11-17)18-8-9-20(25)22-12-18/h4,6-9,11-12,15,19H,2-3,5,10,13-14H2,1H3,(H,22,25). The number of carbonyl (C=O) groups is 1. The fourth-order valence-corrected chi connectivity index (χ4v) is 4.10. The predicted octanol–water partition coefficient (Wildman–Crippen LogP) is 2.74. The van der Waals surface area contributed by atoms with Gasteiger partial charge in [-0.25, -0.2) is 0 Å². The molecule has 5 nitrogen and oxygen atoms in total. The second-order valence-corrected chi connectivity index (χ2v) is 7.47. The minimum absolute atomic E-state index is 0.0946. The van der Waals surface area contributed by atoms with Crippen LogP contribution in [0.15, 0.2) is 47.4 Å². The number of pyridine rings is 1. The normalized spacial score (nSPS) is 21.4. The number of nitrogens with one attached hydrogen (secondary N) is 1. The number of H-pyrrole nitrogens is 1. The van der Waals surface area contributed by atoms with Gasteiger partial charge in [0, 0.05) is 43.0 Å². The number of nitrogens with zero attached hydrogens (tertiary/aromatic N) is 2. The zero-order valence-corrected chi connectivity index (χ0v) is 15.1. The van der Waals surface area contributed by atoms with Crippen LogP contribution in [0.3, 0.4) is 0 Å². The Morgan fingerprint density at radius 3 is 2.69 bits per heavy atom. The lowest BCUT2D eigenvalue weighted by molar-refractivity contribution is 0.00213. The highest BCUT2D eigenvalue weighted by atomic mass is 16.2. The van der Waals surface area contributed by atoms with Crippen molar-refractivity contribution >= 4 is 5.91 Å². The summed E-state index contributed by atoms with van der Waals surface area (Å²) in [5, 5.41) is 0. The predicted molar refractivity (Wildman–Crippen MR) is 102 cm³/mol. The van der Waals surface area contributed by atoms with E-state index in [-0.39, 0.29) is 11.5 Å². The summed E-state index contributed by atoms with van der Waals surface area (Å²) in [4.78, 5) is 31.2. The van der Waals surface area contributed by atoms with Crippen LogP contribution in [-0.4, -0.2) is 52.4 Å². The van der Waals surface area contributed by atoms with Crippen LogP contribution in [0, 0.1) is 0 Å². The molecule has 0 saturated carbocycles. The maximum Gasteiger partial charge on any atom is 0.253 e. The number of carbonyl (C=O) groups excluding carboxylic acids is 1. The van der Waals surface area contributed by atoms with E-state index in [2.05, 4.69) is 16.8 Å². The van der Waals surface area contributed by atoms with Crippen molar-refractivity contribution in [2.75, 3.05) is 19.6 Å². The van der Waals surface area contributed by atoms with E-state index in [1.54, 1.807) is 12.3 Å². The van der Waals surface area contributed by atoms with Gasteiger partial charge in [0.1, 0.15) is 0 Å². The second kappa shape index (κ2) is 7.08. The van der Waals surface area contributed by atoms with Crippen LogP contribution in [0.2, 0.25) is 0 Å². The Kier molecular flexibility index (Phi) is 4.64. The molecular weight excluding hydrogens is 326 g/mol. The third-order valence-electron chi connectivity index (χ3n) is 5.70. The Balaban J connectivity index is 1.44. The van der Waals surface area contributed by atoms with Gasteiger partial charge < -0.3 is 9.88 Å². The number of hydrogen-bond donors (Lipinski definition) is 1. The number of amides is 1. The minimum Gasteiger partial charge on any atom is -0.335 e. The van der Waals surface area contributed by atoms with Gasteiger partial charge in [-0.1, -0.05) is 18.6 Å². The number of piperidine rings is 1. The maximum atomic E-state index is 12.8. The molecule has 4 rings (SSSR count). The molecule has 0 radical (unpaired) electrons. The van der Waals surface area contributed by atoms with Crippen LogP contribution in [0.1, 0.15) is 36.5 Å². The summed E-state index contributed by atoms with van der Waals surface area (Å²) in [6.07, 6.45) is 5.55. The van der Waals surface area contributed by atoms with E-state index in [9.17, 15) is 9.59 Å². The summed E-state index contributed by atoms with van der Waals surface area (Å²) in [5.41, 5.74) is 2.43. The molecule has 1 atom stereocenters. The highest BCUT2D eigenvalue weighted by Gasteiger charge is 2.37. The summed E-state index contributed by atoms with van der Waals surface area (Å²) in [6.45, 7) is 5.12.